The maximum atomic E-state index is 10.2. The topological polar surface area (TPSA) is 29.5 Å². The Balaban J connectivity index is 2.34. The lowest BCUT2D eigenvalue weighted by Gasteiger charge is -2.30. The van der Waals surface area contributed by atoms with E-state index in [1.54, 1.807) is 0 Å². The molecule has 0 aromatic heterocycles. The summed E-state index contributed by atoms with van der Waals surface area (Å²) in [6, 6.07) is 5.97. The molecule has 1 aromatic rings. The van der Waals surface area contributed by atoms with Crippen LogP contribution in [-0.4, -0.2) is 17.0 Å². The average Bonchev–Trinajstić information content (AvgIpc) is 2.31. The van der Waals surface area contributed by atoms with Gasteiger partial charge in [0.15, 0.2) is 0 Å². The van der Waals surface area contributed by atoms with Crippen LogP contribution in [0.3, 0.4) is 0 Å². The third-order valence-electron chi connectivity index (χ3n) is 2.98. The van der Waals surface area contributed by atoms with Gasteiger partial charge in [-0.15, -0.1) is 0 Å². The summed E-state index contributed by atoms with van der Waals surface area (Å²) in [7, 11) is 0. The first-order valence-electron chi connectivity index (χ1n) is 5.82. The van der Waals surface area contributed by atoms with Gasteiger partial charge in [-0.25, -0.2) is 0 Å². The molecule has 0 radical (unpaired) electrons. The predicted molar refractivity (Wildman–Crippen MR) is 67.9 cm³/mol. The van der Waals surface area contributed by atoms with E-state index in [9.17, 15) is 5.11 Å². The number of rotatable bonds is 3. The summed E-state index contributed by atoms with van der Waals surface area (Å²) in [6.45, 7) is 4.79. The molecule has 0 saturated heterocycles. The van der Waals surface area contributed by atoms with Crippen molar-refractivity contribution >= 4 is 11.8 Å². The van der Waals surface area contributed by atoms with E-state index >= 15 is 0 Å². The number of ether oxygens (including phenoxy) is 1. The highest BCUT2D eigenvalue weighted by atomic mass is 32.2. The first kappa shape index (κ1) is 11.8. The van der Waals surface area contributed by atoms with Crippen molar-refractivity contribution in [3.63, 3.8) is 0 Å². The van der Waals surface area contributed by atoms with Crippen molar-refractivity contribution < 1.29 is 9.84 Å². The molecule has 2 unspecified atom stereocenters. The molecule has 0 bridgehead atoms. The normalized spacial score (nSPS) is 23.9. The Hall–Kier alpha value is -0.670. The van der Waals surface area contributed by atoms with Gasteiger partial charge in [0.25, 0.3) is 0 Å². The van der Waals surface area contributed by atoms with E-state index in [1.807, 2.05) is 36.9 Å². The second kappa shape index (κ2) is 5.11. The number of benzene rings is 1. The molecule has 3 heteroatoms. The minimum atomic E-state index is -0.348. The summed E-state index contributed by atoms with van der Waals surface area (Å²) in [5, 5.41) is 10.6. The highest BCUT2D eigenvalue weighted by Crippen LogP contribution is 2.42. The van der Waals surface area contributed by atoms with Crippen molar-refractivity contribution in [2.24, 2.45) is 0 Å². The summed E-state index contributed by atoms with van der Waals surface area (Å²) < 4.78 is 5.60. The lowest BCUT2D eigenvalue weighted by atomic mass is 9.98. The van der Waals surface area contributed by atoms with Gasteiger partial charge in [0.1, 0.15) is 5.75 Å². The molecule has 88 valence electrons. The molecule has 1 N–H and O–H groups in total. The Morgan fingerprint density at radius 3 is 2.94 bits per heavy atom. The van der Waals surface area contributed by atoms with Gasteiger partial charge >= 0.3 is 0 Å². The van der Waals surface area contributed by atoms with Crippen molar-refractivity contribution in [2.75, 3.05) is 6.61 Å². The minimum absolute atomic E-state index is 0.323. The summed E-state index contributed by atoms with van der Waals surface area (Å²) in [5.74, 6) is 1.88. The fourth-order valence-electron chi connectivity index (χ4n) is 2.13. The summed E-state index contributed by atoms with van der Waals surface area (Å²) in [6.07, 6.45) is 0.656. The molecule has 2 nitrogen and oxygen atoms in total. The molecule has 1 aliphatic rings. The number of aliphatic hydroxyl groups is 1. The van der Waals surface area contributed by atoms with Crippen LogP contribution in [0.25, 0.3) is 0 Å². The Morgan fingerprint density at radius 1 is 1.44 bits per heavy atom. The number of aliphatic hydroxyl groups excluding tert-OH is 1. The second-order valence-electron chi connectivity index (χ2n) is 3.96. The zero-order valence-corrected chi connectivity index (χ0v) is 10.6. The van der Waals surface area contributed by atoms with E-state index in [1.165, 1.54) is 5.56 Å². The van der Waals surface area contributed by atoms with Gasteiger partial charge in [-0.3, -0.25) is 0 Å². The van der Waals surface area contributed by atoms with Crippen LogP contribution in [0, 0.1) is 0 Å². The Bertz CT molecular complexity index is 365. The lowest BCUT2D eigenvalue weighted by molar-refractivity contribution is 0.169. The van der Waals surface area contributed by atoms with Crippen LogP contribution >= 0.6 is 11.8 Å². The van der Waals surface area contributed by atoms with Gasteiger partial charge in [-0.05, 0) is 25.0 Å². The smallest absolute Gasteiger partial charge is 0.123 e. The molecule has 0 saturated carbocycles. The molecule has 1 aliphatic heterocycles. The highest BCUT2D eigenvalue weighted by Gasteiger charge is 2.28. The zero-order chi connectivity index (χ0) is 11.5. The SMILES string of the molecule is CCOc1cccc2c1CSC(CC)C2O. The first-order chi connectivity index (χ1) is 7.77. The van der Waals surface area contributed by atoms with E-state index in [4.69, 9.17) is 4.74 Å². The third kappa shape index (κ3) is 2.06. The quantitative estimate of drug-likeness (QED) is 0.877. The van der Waals surface area contributed by atoms with Gasteiger partial charge in [-0.2, -0.15) is 11.8 Å². The maximum absolute atomic E-state index is 10.2. The average molecular weight is 238 g/mol. The third-order valence-corrected chi connectivity index (χ3v) is 4.46. The molecule has 0 aliphatic carbocycles. The number of hydrogen-bond acceptors (Lipinski definition) is 3. The number of hydrogen-bond donors (Lipinski definition) is 1. The molecule has 0 spiro atoms. The molecule has 16 heavy (non-hydrogen) atoms. The molecule has 1 heterocycles. The van der Waals surface area contributed by atoms with Gasteiger partial charge in [-0.1, -0.05) is 19.1 Å². The van der Waals surface area contributed by atoms with Crippen molar-refractivity contribution in [1.82, 2.24) is 0 Å². The van der Waals surface area contributed by atoms with Gasteiger partial charge in [0, 0.05) is 16.6 Å². The van der Waals surface area contributed by atoms with E-state index in [0.29, 0.717) is 11.9 Å². The molecular weight excluding hydrogens is 220 g/mol. The van der Waals surface area contributed by atoms with Crippen LogP contribution in [0.2, 0.25) is 0 Å². The number of thioether (sulfide) groups is 1. The van der Waals surface area contributed by atoms with E-state index in [2.05, 4.69) is 6.92 Å². The fourth-order valence-corrected chi connectivity index (χ4v) is 3.38. The van der Waals surface area contributed by atoms with Crippen molar-refractivity contribution in [3.8, 4) is 5.75 Å². The van der Waals surface area contributed by atoms with Crippen molar-refractivity contribution in [2.45, 2.75) is 37.4 Å². The lowest BCUT2D eigenvalue weighted by Crippen LogP contribution is -2.21. The number of fused-ring (bicyclic) bond motifs is 1. The van der Waals surface area contributed by atoms with E-state index < -0.39 is 0 Å². The Labute approximate surface area is 101 Å². The van der Waals surface area contributed by atoms with Crippen LogP contribution < -0.4 is 4.74 Å². The fraction of sp³-hybridized carbons (Fsp3) is 0.538. The Kier molecular flexibility index (Phi) is 3.77. The van der Waals surface area contributed by atoms with Crippen molar-refractivity contribution in [1.29, 1.82) is 0 Å². The van der Waals surface area contributed by atoms with E-state index in [0.717, 1.165) is 23.5 Å². The van der Waals surface area contributed by atoms with Gasteiger partial charge in [0.2, 0.25) is 0 Å². The molecule has 2 atom stereocenters. The monoisotopic (exact) mass is 238 g/mol. The zero-order valence-electron chi connectivity index (χ0n) is 9.77. The summed E-state index contributed by atoms with van der Waals surface area (Å²) in [5.41, 5.74) is 2.23. The first-order valence-corrected chi connectivity index (χ1v) is 6.87. The largest absolute Gasteiger partial charge is 0.494 e. The van der Waals surface area contributed by atoms with E-state index in [-0.39, 0.29) is 6.10 Å². The maximum Gasteiger partial charge on any atom is 0.123 e. The minimum Gasteiger partial charge on any atom is -0.494 e. The van der Waals surface area contributed by atoms with Gasteiger partial charge in [0.05, 0.1) is 12.7 Å². The molecule has 1 aromatic carbocycles. The molecule has 0 amide bonds. The standard InChI is InChI=1S/C13H18O2S/c1-3-12-13(14)9-6-5-7-11(15-4-2)10(9)8-16-12/h5-7,12-14H,3-4,8H2,1-2H3. The van der Waals surface area contributed by atoms with Crippen LogP contribution in [0.15, 0.2) is 18.2 Å². The molecular formula is C13H18O2S. The summed E-state index contributed by atoms with van der Waals surface area (Å²) >= 11 is 1.82. The highest BCUT2D eigenvalue weighted by molar-refractivity contribution is 7.99. The van der Waals surface area contributed by atoms with Crippen LogP contribution in [0.5, 0.6) is 5.75 Å². The Morgan fingerprint density at radius 2 is 2.25 bits per heavy atom. The van der Waals surface area contributed by atoms with Crippen molar-refractivity contribution in [3.05, 3.63) is 29.3 Å². The van der Waals surface area contributed by atoms with Crippen LogP contribution in [0.1, 0.15) is 37.5 Å². The molecule has 2 rings (SSSR count). The van der Waals surface area contributed by atoms with Crippen LogP contribution in [0.4, 0.5) is 0 Å². The predicted octanol–water partition coefficient (Wildman–Crippen LogP) is 3.14. The second-order valence-corrected chi connectivity index (χ2v) is 5.19. The van der Waals surface area contributed by atoms with Crippen LogP contribution in [-0.2, 0) is 5.75 Å². The summed E-state index contributed by atoms with van der Waals surface area (Å²) in [4.78, 5) is 0. The van der Waals surface area contributed by atoms with Gasteiger partial charge < -0.3 is 9.84 Å². The molecule has 0 fully saturated rings.